The summed E-state index contributed by atoms with van der Waals surface area (Å²) in [6.07, 6.45) is 0. The van der Waals surface area contributed by atoms with Gasteiger partial charge in [-0.2, -0.15) is 10.2 Å². The average molecular weight is 364 g/mol. The molecule has 3 rings (SSSR count). The van der Waals surface area contributed by atoms with Crippen molar-refractivity contribution in [2.75, 3.05) is 6.61 Å². The topological polar surface area (TPSA) is 99.6 Å². The minimum Gasteiger partial charge on any atom is -0.507 e. The van der Waals surface area contributed by atoms with Gasteiger partial charge in [-0.1, -0.05) is 12.1 Å². The van der Waals surface area contributed by atoms with E-state index in [9.17, 15) is 9.90 Å². The van der Waals surface area contributed by atoms with Crippen molar-refractivity contribution in [3.05, 3.63) is 65.9 Å². The summed E-state index contributed by atoms with van der Waals surface area (Å²) in [4.78, 5) is 12.3. The molecule has 0 fully saturated rings. The lowest BCUT2D eigenvalue weighted by Gasteiger charge is -2.04. The molecule has 0 aliphatic rings. The Morgan fingerprint density at radius 3 is 2.67 bits per heavy atom. The molecule has 3 N–H and O–H groups in total. The van der Waals surface area contributed by atoms with Gasteiger partial charge in [0, 0.05) is 11.1 Å². The van der Waals surface area contributed by atoms with Crippen LogP contribution in [0.5, 0.6) is 11.5 Å². The van der Waals surface area contributed by atoms with Crippen LogP contribution in [-0.4, -0.2) is 33.5 Å². The van der Waals surface area contributed by atoms with E-state index in [1.807, 2.05) is 31.2 Å². The largest absolute Gasteiger partial charge is 0.507 e. The standard InChI is InChI=1S/C20H20N4O3/c1-3-27-15-10-8-14(9-11-15)17-12-18(23-22-17)20(26)24-21-13(2)16-6-4-5-7-19(16)25/h4-12,25H,3H2,1-2H3,(H,22,23)(H,24,26). The number of phenolic OH excluding ortho intramolecular Hbond substituents is 1. The van der Waals surface area contributed by atoms with Crippen LogP contribution in [0.25, 0.3) is 11.3 Å². The molecule has 7 heteroatoms. The number of aromatic amines is 1. The molecular formula is C20H20N4O3. The normalized spacial score (nSPS) is 11.3. The highest BCUT2D eigenvalue weighted by atomic mass is 16.5. The zero-order chi connectivity index (χ0) is 19.2. The van der Waals surface area contributed by atoms with Gasteiger partial charge in [0.15, 0.2) is 0 Å². The second-order valence-corrected chi connectivity index (χ2v) is 5.78. The molecule has 1 heterocycles. The predicted octanol–water partition coefficient (Wildman–Crippen LogP) is 3.34. The molecule has 2 aromatic carbocycles. The molecule has 0 atom stereocenters. The number of rotatable bonds is 6. The number of amides is 1. The summed E-state index contributed by atoms with van der Waals surface area (Å²) in [6.45, 7) is 4.23. The number of nitrogens with one attached hydrogen (secondary N) is 2. The Morgan fingerprint density at radius 1 is 1.22 bits per heavy atom. The van der Waals surface area contributed by atoms with Crippen LogP contribution < -0.4 is 10.2 Å². The zero-order valence-electron chi connectivity index (χ0n) is 15.1. The monoisotopic (exact) mass is 364 g/mol. The van der Waals surface area contributed by atoms with Crippen molar-refractivity contribution in [3.8, 4) is 22.8 Å². The molecule has 1 amide bonds. The van der Waals surface area contributed by atoms with Gasteiger partial charge in [0.25, 0.3) is 5.91 Å². The molecule has 7 nitrogen and oxygen atoms in total. The Labute approximate surface area is 156 Å². The molecule has 0 radical (unpaired) electrons. The van der Waals surface area contributed by atoms with Crippen molar-refractivity contribution >= 4 is 11.6 Å². The maximum Gasteiger partial charge on any atom is 0.289 e. The molecule has 0 unspecified atom stereocenters. The summed E-state index contributed by atoms with van der Waals surface area (Å²) < 4.78 is 5.41. The lowest BCUT2D eigenvalue weighted by molar-refractivity contribution is 0.0950. The first-order chi connectivity index (χ1) is 13.1. The SMILES string of the molecule is CCOc1ccc(-c2cc(C(=O)NN=C(C)c3ccccc3O)[nH]n2)cc1. The number of aromatic nitrogens is 2. The van der Waals surface area contributed by atoms with Crippen LogP contribution in [0.2, 0.25) is 0 Å². The number of hydrogen-bond acceptors (Lipinski definition) is 5. The van der Waals surface area contributed by atoms with Gasteiger partial charge < -0.3 is 9.84 Å². The molecule has 27 heavy (non-hydrogen) atoms. The number of para-hydroxylation sites is 1. The first-order valence-corrected chi connectivity index (χ1v) is 8.50. The highest BCUT2D eigenvalue weighted by Crippen LogP contribution is 2.21. The lowest BCUT2D eigenvalue weighted by Crippen LogP contribution is -2.19. The second-order valence-electron chi connectivity index (χ2n) is 5.78. The van der Waals surface area contributed by atoms with Gasteiger partial charge in [0.05, 0.1) is 18.0 Å². The number of phenols is 1. The van der Waals surface area contributed by atoms with Crippen molar-refractivity contribution in [1.29, 1.82) is 0 Å². The summed E-state index contributed by atoms with van der Waals surface area (Å²) in [5, 5.41) is 20.7. The van der Waals surface area contributed by atoms with Crippen molar-refractivity contribution in [2.45, 2.75) is 13.8 Å². The second kappa shape index (κ2) is 8.18. The molecule has 0 saturated heterocycles. The summed E-state index contributed by atoms with van der Waals surface area (Å²) in [5.74, 6) is 0.463. The molecule has 1 aromatic heterocycles. The van der Waals surface area contributed by atoms with E-state index in [1.54, 1.807) is 37.3 Å². The molecule has 3 aromatic rings. The van der Waals surface area contributed by atoms with Crippen LogP contribution in [0.1, 0.15) is 29.9 Å². The van der Waals surface area contributed by atoms with Crippen molar-refractivity contribution in [2.24, 2.45) is 5.10 Å². The molecule has 0 bridgehead atoms. The number of hydrazone groups is 1. The summed E-state index contributed by atoms with van der Waals surface area (Å²) in [5.41, 5.74) is 5.30. The third-order valence-corrected chi connectivity index (χ3v) is 3.90. The highest BCUT2D eigenvalue weighted by molar-refractivity contribution is 6.02. The Hall–Kier alpha value is -3.61. The van der Waals surface area contributed by atoms with Gasteiger partial charge in [0.1, 0.15) is 17.2 Å². The Morgan fingerprint density at radius 2 is 1.96 bits per heavy atom. The van der Waals surface area contributed by atoms with Gasteiger partial charge >= 0.3 is 0 Å². The number of nitrogens with zero attached hydrogens (tertiary/aromatic N) is 2. The van der Waals surface area contributed by atoms with E-state index in [1.165, 1.54) is 0 Å². The minimum atomic E-state index is -0.422. The van der Waals surface area contributed by atoms with E-state index in [0.29, 0.717) is 23.6 Å². The minimum absolute atomic E-state index is 0.104. The Kier molecular flexibility index (Phi) is 5.51. The summed E-state index contributed by atoms with van der Waals surface area (Å²) >= 11 is 0. The van der Waals surface area contributed by atoms with E-state index in [-0.39, 0.29) is 11.4 Å². The quantitative estimate of drug-likeness (QED) is 0.461. The van der Waals surface area contributed by atoms with Crippen LogP contribution >= 0.6 is 0 Å². The first-order valence-electron chi connectivity index (χ1n) is 8.50. The fourth-order valence-corrected chi connectivity index (χ4v) is 2.51. The average Bonchev–Trinajstić information content (AvgIpc) is 3.17. The zero-order valence-corrected chi connectivity index (χ0v) is 15.1. The van der Waals surface area contributed by atoms with Crippen molar-refractivity contribution in [3.63, 3.8) is 0 Å². The number of aromatic hydroxyl groups is 1. The van der Waals surface area contributed by atoms with Gasteiger partial charge in [-0.15, -0.1) is 0 Å². The van der Waals surface area contributed by atoms with Gasteiger partial charge in [-0.25, -0.2) is 5.43 Å². The van der Waals surface area contributed by atoms with E-state index in [2.05, 4.69) is 20.7 Å². The smallest absolute Gasteiger partial charge is 0.289 e. The molecule has 0 aliphatic heterocycles. The maximum atomic E-state index is 12.3. The van der Waals surface area contributed by atoms with Crippen LogP contribution in [0.4, 0.5) is 0 Å². The third kappa shape index (κ3) is 4.33. The first kappa shape index (κ1) is 18.2. The van der Waals surface area contributed by atoms with Gasteiger partial charge in [-0.3, -0.25) is 9.89 Å². The lowest BCUT2D eigenvalue weighted by atomic mass is 10.1. The van der Waals surface area contributed by atoms with Crippen LogP contribution in [-0.2, 0) is 0 Å². The van der Waals surface area contributed by atoms with Gasteiger partial charge in [0.2, 0.25) is 0 Å². The maximum absolute atomic E-state index is 12.3. The van der Waals surface area contributed by atoms with Crippen LogP contribution in [0, 0.1) is 0 Å². The van der Waals surface area contributed by atoms with E-state index < -0.39 is 5.91 Å². The Bertz CT molecular complexity index is 961. The molecule has 0 spiro atoms. The fraction of sp³-hybridized carbons (Fsp3) is 0.150. The fourth-order valence-electron chi connectivity index (χ4n) is 2.51. The third-order valence-electron chi connectivity index (χ3n) is 3.90. The predicted molar refractivity (Wildman–Crippen MR) is 103 cm³/mol. The molecule has 0 saturated carbocycles. The van der Waals surface area contributed by atoms with Crippen LogP contribution in [0.15, 0.2) is 59.7 Å². The van der Waals surface area contributed by atoms with E-state index >= 15 is 0 Å². The van der Waals surface area contributed by atoms with E-state index in [0.717, 1.165) is 11.3 Å². The molecule has 0 aliphatic carbocycles. The van der Waals surface area contributed by atoms with Gasteiger partial charge in [-0.05, 0) is 56.3 Å². The highest BCUT2D eigenvalue weighted by Gasteiger charge is 2.11. The van der Waals surface area contributed by atoms with Crippen LogP contribution in [0.3, 0.4) is 0 Å². The molecule has 138 valence electrons. The number of carbonyl (C=O) groups is 1. The molecular weight excluding hydrogens is 344 g/mol. The number of ether oxygens (including phenoxy) is 1. The summed E-state index contributed by atoms with van der Waals surface area (Å²) in [6, 6.07) is 15.9. The number of carbonyl (C=O) groups excluding carboxylic acids is 1. The number of benzene rings is 2. The Balaban J connectivity index is 1.69. The summed E-state index contributed by atoms with van der Waals surface area (Å²) in [7, 11) is 0. The van der Waals surface area contributed by atoms with Crippen molar-refractivity contribution < 1.29 is 14.6 Å². The van der Waals surface area contributed by atoms with E-state index in [4.69, 9.17) is 4.74 Å². The van der Waals surface area contributed by atoms with Crippen molar-refractivity contribution in [1.82, 2.24) is 15.6 Å². The number of H-pyrrole nitrogens is 1. The number of hydrogen-bond donors (Lipinski definition) is 3.